The summed E-state index contributed by atoms with van der Waals surface area (Å²) in [6.07, 6.45) is 1.74. The molecule has 0 saturated heterocycles. The number of allylic oxidation sites excluding steroid dienone is 1. The number of hydrogen-bond donors (Lipinski definition) is 1. The molecule has 0 amide bonds. The zero-order chi connectivity index (χ0) is 18.1. The number of thiazole rings is 1. The average molecular weight is 358 g/mol. The van der Waals surface area contributed by atoms with E-state index in [1.807, 2.05) is 31.2 Å². The maximum absolute atomic E-state index is 12.3. The predicted molar refractivity (Wildman–Crippen MR) is 98.7 cm³/mol. The Morgan fingerprint density at radius 1 is 1.44 bits per heavy atom. The molecule has 0 fully saturated rings. The summed E-state index contributed by atoms with van der Waals surface area (Å²) in [5.74, 6) is -0.791. The summed E-state index contributed by atoms with van der Waals surface area (Å²) in [5.41, 5.74) is 3.47. The third-order valence-corrected chi connectivity index (χ3v) is 4.90. The summed E-state index contributed by atoms with van der Waals surface area (Å²) < 4.78 is 5.99. The zero-order valence-corrected chi connectivity index (χ0v) is 15.0. The SMILES string of the molecule is CCOC(=O)[C@H](C)n1c(O)c(C=C2C(C)=Nc3ccccc32)sc1=O. The van der Waals surface area contributed by atoms with Gasteiger partial charge in [-0.25, -0.2) is 4.79 Å². The first kappa shape index (κ1) is 17.2. The van der Waals surface area contributed by atoms with Crippen molar-refractivity contribution in [1.29, 1.82) is 0 Å². The third kappa shape index (κ3) is 3.02. The number of aromatic hydroxyl groups is 1. The summed E-state index contributed by atoms with van der Waals surface area (Å²) in [6, 6.07) is 6.79. The van der Waals surface area contributed by atoms with E-state index in [0.29, 0.717) is 4.88 Å². The van der Waals surface area contributed by atoms with Gasteiger partial charge in [-0.15, -0.1) is 0 Å². The normalized spacial score (nSPS) is 15.8. The van der Waals surface area contributed by atoms with Crippen molar-refractivity contribution in [3.05, 3.63) is 44.4 Å². The van der Waals surface area contributed by atoms with Gasteiger partial charge in [0.2, 0.25) is 5.88 Å². The highest BCUT2D eigenvalue weighted by Gasteiger charge is 2.25. The smallest absolute Gasteiger partial charge is 0.329 e. The molecule has 7 heteroatoms. The van der Waals surface area contributed by atoms with Gasteiger partial charge in [-0.1, -0.05) is 29.5 Å². The lowest BCUT2D eigenvalue weighted by atomic mass is 10.0. The molecule has 0 radical (unpaired) electrons. The fraction of sp³-hybridized carbons (Fsp3) is 0.278. The molecule has 0 aliphatic carbocycles. The van der Waals surface area contributed by atoms with Gasteiger partial charge in [-0.05, 0) is 32.9 Å². The predicted octanol–water partition coefficient (Wildman–Crippen LogP) is 3.39. The molecule has 1 aliphatic rings. The zero-order valence-electron chi connectivity index (χ0n) is 14.1. The number of benzene rings is 1. The van der Waals surface area contributed by atoms with E-state index in [0.717, 1.165) is 38.4 Å². The van der Waals surface area contributed by atoms with Crippen LogP contribution in [-0.2, 0) is 9.53 Å². The lowest BCUT2D eigenvalue weighted by molar-refractivity contribution is -0.146. The fourth-order valence-corrected chi connectivity index (χ4v) is 3.64. The average Bonchev–Trinajstić information content (AvgIpc) is 3.04. The van der Waals surface area contributed by atoms with E-state index < -0.39 is 16.9 Å². The minimum absolute atomic E-state index is 0.214. The van der Waals surface area contributed by atoms with Crippen molar-refractivity contribution in [1.82, 2.24) is 4.57 Å². The summed E-state index contributed by atoms with van der Waals surface area (Å²) in [5, 5.41) is 10.5. The molecule has 2 heterocycles. The maximum Gasteiger partial charge on any atom is 0.329 e. The van der Waals surface area contributed by atoms with Crippen molar-refractivity contribution in [3.8, 4) is 5.88 Å². The number of ether oxygens (including phenoxy) is 1. The topological polar surface area (TPSA) is 80.9 Å². The van der Waals surface area contributed by atoms with Gasteiger partial charge in [-0.2, -0.15) is 0 Å². The highest BCUT2D eigenvalue weighted by molar-refractivity contribution is 7.10. The van der Waals surface area contributed by atoms with Crippen molar-refractivity contribution >= 4 is 40.4 Å². The maximum atomic E-state index is 12.3. The van der Waals surface area contributed by atoms with Crippen LogP contribution in [0.25, 0.3) is 11.6 Å². The van der Waals surface area contributed by atoms with Crippen molar-refractivity contribution in [3.63, 3.8) is 0 Å². The van der Waals surface area contributed by atoms with Gasteiger partial charge in [0.25, 0.3) is 0 Å². The molecule has 1 aliphatic heterocycles. The van der Waals surface area contributed by atoms with Crippen molar-refractivity contribution in [2.45, 2.75) is 26.8 Å². The number of aliphatic imine (C=N–C) groups is 1. The Kier molecular flexibility index (Phi) is 4.59. The fourth-order valence-electron chi connectivity index (χ4n) is 2.75. The summed E-state index contributed by atoms with van der Waals surface area (Å²) in [6.45, 7) is 5.31. The summed E-state index contributed by atoms with van der Waals surface area (Å²) in [7, 11) is 0. The summed E-state index contributed by atoms with van der Waals surface area (Å²) in [4.78, 5) is 28.6. The molecule has 1 N–H and O–H groups in total. The van der Waals surface area contributed by atoms with Crippen LogP contribution in [0.5, 0.6) is 5.88 Å². The van der Waals surface area contributed by atoms with Gasteiger partial charge in [0, 0.05) is 16.8 Å². The molecule has 1 atom stereocenters. The molecule has 3 rings (SSSR count). The molecular weight excluding hydrogens is 340 g/mol. The molecule has 0 unspecified atom stereocenters. The van der Waals surface area contributed by atoms with E-state index in [4.69, 9.17) is 4.74 Å². The van der Waals surface area contributed by atoms with Crippen molar-refractivity contribution in [2.24, 2.45) is 4.99 Å². The van der Waals surface area contributed by atoms with Crippen LogP contribution in [0.2, 0.25) is 0 Å². The van der Waals surface area contributed by atoms with Crippen LogP contribution in [0.4, 0.5) is 5.69 Å². The number of carbonyl (C=O) groups excluding carboxylic acids is 1. The van der Waals surface area contributed by atoms with Crippen LogP contribution in [0.3, 0.4) is 0 Å². The van der Waals surface area contributed by atoms with Crippen LogP contribution >= 0.6 is 11.3 Å². The number of fused-ring (bicyclic) bond motifs is 1. The summed E-state index contributed by atoms with van der Waals surface area (Å²) >= 11 is 0.887. The number of carbonyl (C=O) groups is 1. The number of esters is 1. The van der Waals surface area contributed by atoms with E-state index in [1.165, 1.54) is 6.92 Å². The molecule has 1 aromatic heterocycles. The Hall–Kier alpha value is -2.67. The first-order valence-corrected chi connectivity index (χ1v) is 8.73. The Bertz CT molecular complexity index is 952. The Morgan fingerprint density at radius 2 is 2.16 bits per heavy atom. The second-order valence-corrected chi connectivity index (χ2v) is 6.62. The molecule has 25 heavy (non-hydrogen) atoms. The minimum Gasteiger partial charge on any atom is -0.493 e. The molecule has 6 nitrogen and oxygen atoms in total. The van der Waals surface area contributed by atoms with E-state index in [2.05, 4.69) is 4.99 Å². The highest BCUT2D eigenvalue weighted by atomic mass is 32.1. The van der Waals surface area contributed by atoms with Crippen LogP contribution in [0, 0.1) is 0 Å². The Labute approximate surface area is 148 Å². The standard InChI is InChI=1S/C18H18N2O4S/c1-4-24-17(22)11(3)20-16(21)15(25-18(20)23)9-13-10(2)19-14-8-6-5-7-12(13)14/h5-9,11,21H,4H2,1-3H3/t11-/m0/s1. The second kappa shape index (κ2) is 6.68. The van der Waals surface area contributed by atoms with Gasteiger partial charge >= 0.3 is 10.8 Å². The number of rotatable bonds is 4. The molecule has 0 bridgehead atoms. The van der Waals surface area contributed by atoms with Gasteiger partial charge in [0.05, 0.1) is 17.2 Å². The second-order valence-electron chi connectivity index (χ2n) is 5.63. The van der Waals surface area contributed by atoms with Crippen LogP contribution in [0.15, 0.2) is 34.1 Å². The number of aromatic nitrogens is 1. The van der Waals surface area contributed by atoms with E-state index in [-0.39, 0.29) is 12.5 Å². The first-order chi connectivity index (χ1) is 11.9. The quantitative estimate of drug-likeness (QED) is 0.850. The lowest BCUT2D eigenvalue weighted by Gasteiger charge is -2.12. The van der Waals surface area contributed by atoms with Crippen LogP contribution in [0.1, 0.15) is 37.3 Å². The van der Waals surface area contributed by atoms with E-state index >= 15 is 0 Å². The van der Waals surface area contributed by atoms with Gasteiger partial charge in [-0.3, -0.25) is 14.4 Å². The Morgan fingerprint density at radius 3 is 2.88 bits per heavy atom. The van der Waals surface area contributed by atoms with E-state index in [9.17, 15) is 14.7 Å². The first-order valence-electron chi connectivity index (χ1n) is 7.91. The van der Waals surface area contributed by atoms with Crippen LogP contribution < -0.4 is 4.87 Å². The molecule has 0 saturated carbocycles. The monoisotopic (exact) mass is 358 g/mol. The van der Waals surface area contributed by atoms with Gasteiger partial charge < -0.3 is 9.84 Å². The number of nitrogens with zero attached hydrogens (tertiary/aromatic N) is 2. The van der Waals surface area contributed by atoms with Gasteiger partial charge in [0.15, 0.2) is 0 Å². The highest BCUT2D eigenvalue weighted by Crippen LogP contribution is 2.37. The Balaban J connectivity index is 2.04. The van der Waals surface area contributed by atoms with Gasteiger partial charge in [0.1, 0.15) is 6.04 Å². The third-order valence-electron chi connectivity index (χ3n) is 4.01. The number of para-hydroxylation sites is 1. The number of hydrogen-bond acceptors (Lipinski definition) is 6. The van der Waals surface area contributed by atoms with Crippen molar-refractivity contribution < 1.29 is 14.6 Å². The molecule has 0 spiro atoms. The van der Waals surface area contributed by atoms with E-state index in [1.54, 1.807) is 13.0 Å². The van der Waals surface area contributed by atoms with Crippen molar-refractivity contribution in [2.75, 3.05) is 6.61 Å². The minimum atomic E-state index is -0.888. The molecular formula is C18H18N2O4S. The molecule has 2 aromatic rings. The van der Waals surface area contributed by atoms with Crippen LogP contribution in [-0.4, -0.2) is 28.0 Å². The largest absolute Gasteiger partial charge is 0.493 e. The lowest BCUT2D eigenvalue weighted by Crippen LogP contribution is -2.25. The molecule has 1 aromatic carbocycles. The molecule has 130 valence electrons.